The lowest BCUT2D eigenvalue weighted by atomic mass is 10.1. The molecule has 1 heterocycles. The summed E-state index contributed by atoms with van der Waals surface area (Å²) in [5.41, 5.74) is 2.67. The fraction of sp³-hybridized carbons (Fsp3) is 0.429. The number of aryl methyl sites for hydroxylation is 1. The van der Waals surface area contributed by atoms with E-state index < -0.39 is 0 Å². The number of hydrogen-bond acceptors (Lipinski definition) is 4. The molecule has 1 aromatic heterocycles. The Bertz CT molecular complexity index is 505. The van der Waals surface area contributed by atoms with Crippen LogP contribution in [0, 0.1) is 6.92 Å². The molecule has 0 bridgehead atoms. The molecular formula is C14H19N3S. The smallest absolute Gasteiger partial charge is 0.202 e. The van der Waals surface area contributed by atoms with E-state index in [-0.39, 0.29) is 0 Å². The summed E-state index contributed by atoms with van der Waals surface area (Å²) in [6, 6.07) is 8.61. The maximum absolute atomic E-state index is 4.45. The first kappa shape index (κ1) is 13.0. The van der Waals surface area contributed by atoms with E-state index in [0.29, 0.717) is 5.92 Å². The summed E-state index contributed by atoms with van der Waals surface area (Å²) < 4.78 is 4.32. The predicted octanol–water partition coefficient (Wildman–Crippen LogP) is 3.62. The van der Waals surface area contributed by atoms with Crippen LogP contribution in [0.25, 0.3) is 0 Å². The minimum Gasteiger partial charge on any atom is -0.360 e. The zero-order valence-corrected chi connectivity index (χ0v) is 11.9. The van der Waals surface area contributed by atoms with Crippen molar-refractivity contribution < 1.29 is 0 Å². The molecule has 4 heteroatoms. The Hall–Kier alpha value is -1.42. The van der Waals surface area contributed by atoms with Gasteiger partial charge in [-0.2, -0.15) is 4.37 Å². The second-order valence-electron chi connectivity index (χ2n) is 4.78. The van der Waals surface area contributed by atoms with Crippen molar-refractivity contribution in [3.05, 3.63) is 41.2 Å². The molecule has 0 spiro atoms. The van der Waals surface area contributed by atoms with Gasteiger partial charge in [0.05, 0.1) is 0 Å². The average Bonchev–Trinajstić information content (AvgIpc) is 2.78. The molecule has 0 aliphatic carbocycles. The van der Waals surface area contributed by atoms with Crippen molar-refractivity contribution in [2.75, 3.05) is 11.9 Å². The number of aromatic nitrogens is 2. The van der Waals surface area contributed by atoms with Crippen LogP contribution >= 0.6 is 11.5 Å². The molecule has 0 fully saturated rings. The molecule has 0 amide bonds. The minimum atomic E-state index is 0.397. The van der Waals surface area contributed by atoms with Crippen LogP contribution in [-0.4, -0.2) is 15.9 Å². The molecule has 0 atom stereocenters. The fourth-order valence-corrected chi connectivity index (χ4v) is 2.46. The molecule has 0 radical (unpaired) electrons. The Kier molecular flexibility index (Phi) is 4.31. The van der Waals surface area contributed by atoms with E-state index in [9.17, 15) is 0 Å². The first-order valence-electron chi connectivity index (χ1n) is 6.28. The van der Waals surface area contributed by atoms with E-state index in [1.54, 1.807) is 0 Å². The van der Waals surface area contributed by atoms with E-state index in [1.807, 2.05) is 0 Å². The van der Waals surface area contributed by atoms with Gasteiger partial charge in [-0.05, 0) is 18.9 Å². The van der Waals surface area contributed by atoms with Gasteiger partial charge in [0.15, 0.2) is 0 Å². The summed E-state index contributed by atoms with van der Waals surface area (Å²) >= 11 is 1.44. The normalized spacial score (nSPS) is 10.9. The Morgan fingerprint density at radius 2 is 2.17 bits per heavy atom. The largest absolute Gasteiger partial charge is 0.360 e. The lowest BCUT2D eigenvalue weighted by Gasteiger charge is -2.03. The third-order valence-corrected chi connectivity index (χ3v) is 3.42. The van der Waals surface area contributed by atoms with Gasteiger partial charge in [0.25, 0.3) is 0 Å². The molecule has 18 heavy (non-hydrogen) atoms. The van der Waals surface area contributed by atoms with Gasteiger partial charge < -0.3 is 5.32 Å². The van der Waals surface area contributed by atoms with Gasteiger partial charge >= 0.3 is 0 Å². The molecule has 0 unspecified atom stereocenters. The number of rotatable bonds is 5. The molecule has 3 nitrogen and oxygen atoms in total. The van der Waals surface area contributed by atoms with Crippen LogP contribution in [0.3, 0.4) is 0 Å². The van der Waals surface area contributed by atoms with Crippen LogP contribution in [0.2, 0.25) is 0 Å². The number of nitrogens with one attached hydrogen (secondary N) is 1. The molecule has 0 saturated heterocycles. The van der Waals surface area contributed by atoms with E-state index in [2.05, 4.69) is 59.7 Å². The van der Waals surface area contributed by atoms with Crippen LogP contribution in [0.5, 0.6) is 0 Å². The van der Waals surface area contributed by atoms with Crippen molar-refractivity contribution in [2.24, 2.45) is 0 Å². The molecule has 0 aliphatic heterocycles. The van der Waals surface area contributed by atoms with Crippen molar-refractivity contribution >= 4 is 16.7 Å². The van der Waals surface area contributed by atoms with E-state index >= 15 is 0 Å². The highest BCUT2D eigenvalue weighted by Crippen LogP contribution is 2.17. The van der Waals surface area contributed by atoms with Gasteiger partial charge in [0.2, 0.25) is 5.13 Å². The van der Waals surface area contributed by atoms with Crippen molar-refractivity contribution in [1.82, 2.24) is 9.36 Å². The molecule has 0 saturated carbocycles. The van der Waals surface area contributed by atoms with Gasteiger partial charge in [-0.25, -0.2) is 4.98 Å². The Balaban J connectivity index is 1.84. The van der Waals surface area contributed by atoms with Gasteiger partial charge in [0, 0.05) is 24.0 Å². The third-order valence-electron chi connectivity index (χ3n) is 2.73. The summed E-state index contributed by atoms with van der Waals surface area (Å²) in [5, 5.41) is 4.26. The zero-order chi connectivity index (χ0) is 13.0. The van der Waals surface area contributed by atoms with Crippen LogP contribution in [0.15, 0.2) is 24.3 Å². The van der Waals surface area contributed by atoms with Gasteiger partial charge in [0.1, 0.15) is 5.82 Å². The Labute approximate surface area is 112 Å². The van der Waals surface area contributed by atoms with Crippen molar-refractivity contribution in [3.8, 4) is 0 Å². The van der Waals surface area contributed by atoms with Crippen molar-refractivity contribution in [2.45, 2.75) is 33.1 Å². The van der Waals surface area contributed by atoms with Gasteiger partial charge in [-0.3, -0.25) is 0 Å². The van der Waals surface area contributed by atoms with E-state index in [4.69, 9.17) is 0 Å². The quantitative estimate of drug-likeness (QED) is 0.893. The first-order valence-corrected chi connectivity index (χ1v) is 7.05. The second-order valence-corrected chi connectivity index (χ2v) is 5.53. The summed E-state index contributed by atoms with van der Waals surface area (Å²) in [6.07, 6.45) is 1.01. The Morgan fingerprint density at radius 3 is 2.83 bits per heavy atom. The first-order chi connectivity index (χ1) is 8.65. The predicted molar refractivity (Wildman–Crippen MR) is 77.4 cm³/mol. The lowest BCUT2D eigenvalue weighted by molar-refractivity contribution is 0.799. The SMILES string of the molecule is Cc1cccc(CCNc2nc(C(C)C)ns2)c1. The lowest BCUT2D eigenvalue weighted by Crippen LogP contribution is -2.04. The fourth-order valence-electron chi connectivity index (χ4n) is 1.72. The molecule has 1 aromatic carbocycles. The number of hydrogen-bond donors (Lipinski definition) is 1. The maximum Gasteiger partial charge on any atom is 0.202 e. The number of benzene rings is 1. The zero-order valence-electron chi connectivity index (χ0n) is 11.1. The van der Waals surface area contributed by atoms with Crippen molar-refractivity contribution in [1.29, 1.82) is 0 Å². The topological polar surface area (TPSA) is 37.8 Å². The molecule has 2 rings (SSSR count). The summed E-state index contributed by atoms with van der Waals surface area (Å²) in [5.74, 6) is 1.33. The highest BCUT2D eigenvalue weighted by Gasteiger charge is 2.06. The van der Waals surface area contributed by atoms with Crippen LogP contribution < -0.4 is 5.32 Å². The van der Waals surface area contributed by atoms with Crippen LogP contribution in [0.4, 0.5) is 5.13 Å². The highest BCUT2D eigenvalue weighted by atomic mass is 32.1. The summed E-state index contributed by atoms with van der Waals surface area (Å²) in [6.45, 7) is 7.24. The summed E-state index contributed by atoms with van der Waals surface area (Å²) in [7, 11) is 0. The second kappa shape index (κ2) is 5.96. The Morgan fingerprint density at radius 1 is 1.33 bits per heavy atom. The molecular weight excluding hydrogens is 242 g/mol. The molecule has 1 N–H and O–H groups in total. The third kappa shape index (κ3) is 3.53. The molecule has 96 valence electrons. The molecule has 0 aliphatic rings. The van der Waals surface area contributed by atoms with Crippen molar-refractivity contribution in [3.63, 3.8) is 0 Å². The maximum atomic E-state index is 4.45. The minimum absolute atomic E-state index is 0.397. The van der Waals surface area contributed by atoms with Gasteiger partial charge in [-0.1, -0.05) is 43.7 Å². The number of anilines is 1. The van der Waals surface area contributed by atoms with Crippen LogP contribution in [-0.2, 0) is 6.42 Å². The standard InChI is InChI=1S/C14H19N3S/c1-10(2)13-16-14(18-17-13)15-8-7-12-6-4-5-11(3)9-12/h4-6,9-10H,7-8H2,1-3H3,(H,15,16,17). The average molecular weight is 261 g/mol. The van der Waals surface area contributed by atoms with Gasteiger partial charge in [-0.15, -0.1) is 0 Å². The highest BCUT2D eigenvalue weighted by molar-refractivity contribution is 7.09. The number of nitrogens with zero attached hydrogens (tertiary/aromatic N) is 2. The van der Waals surface area contributed by atoms with E-state index in [1.165, 1.54) is 22.7 Å². The van der Waals surface area contributed by atoms with E-state index in [0.717, 1.165) is 23.9 Å². The van der Waals surface area contributed by atoms with Crippen LogP contribution in [0.1, 0.15) is 36.7 Å². The molecule has 2 aromatic rings. The summed E-state index contributed by atoms with van der Waals surface area (Å²) in [4.78, 5) is 4.45. The monoisotopic (exact) mass is 261 g/mol.